The van der Waals surface area contributed by atoms with E-state index in [2.05, 4.69) is 5.32 Å². The second kappa shape index (κ2) is 9.49. The van der Waals surface area contributed by atoms with Crippen LogP contribution < -0.4 is 14.8 Å². The molecule has 29 heavy (non-hydrogen) atoms. The maximum atomic E-state index is 12.4. The molecule has 1 saturated heterocycles. The van der Waals surface area contributed by atoms with Crippen molar-refractivity contribution in [2.45, 2.75) is 45.3 Å². The Morgan fingerprint density at radius 1 is 1.17 bits per heavy atom. The summed E-state index contributed by atoms with van der Waals surface area (Å²) in [6, 6.07) is 4.18. The van der Waals surface area contributed by atoms with Crippen LogP contribution in [0.4, 0.5) is 10.5 Å². The van der Waals surface area contributed by atoms with E-state index in [0.29, 0.717) is 36.6 Å². The van der Waals surface area contributed by atoms with Crippen LogP contribution in [-0.2, 0) is 19.1 Å². The van der Waals surface area contributed by atoms with Crippen molar-refractivity contribution in [3.8, 4) is 11.5 Å². The van der Waals surface area contributed by atoms with Crippen molar-refractivity contribution in [3.63, 3.8) is 0 Å². The smallest absolute Gasteiger partial charge is 0.411 e. The molecule has 1 heterocycles. The van der Waals surface area contributed by atoms with E-state index in [-0.39, 0.29) is 0 Å². The summed E-state index contributed by atoms with van der Waals surface area (Å²) >= 11 is 0. The molecule has 1 aromatic rings. The van der Waals surface area contributed by atoms with Gasteiger partial charge in [-0.25, -0.2) is 9.59 Å². The molecule has 0 saturated carbocycles. The number of ether oxygens (including phenoxy) is 4. The van der Waals surface area contributed by atoms with Crippen LogP contribution in [0, 0.1) is 0 Å². The van der Waals surface area contributed by atoms with Crippen molar-refractivity contribution in [2.24, 2.45) is 0 Å². The Bertz CT molecular complexity index is 758. The number of esters is 1. The quantitative estimate of drug-likeness (QED) is 0.722. The summed E-state index contributed by atoms with van der Waals surface area (Å²) in [6.45, 7) is 5.18. The molecular weight excluding hydrogens is 380 g/mol. The van der Waals surface area contributed by atoms with Gasteiger partial charge in [0.2, 0.25) is 0 Å². The number of benzene rings is 1. The third-order valence-electron chi connectivity index (χ3n) is 4.18. The molecule has 160 valence electrons. The number of methoxy groups -OCH3 is 2. The van der Waals surface area contributed by atoms with Gasteiger partial charge in [0.1, 0.15) is 23.1 Å². The lowest BCUT2D eigenvalue weighted by atomic mass is 10.2. The molecular formula is C20H28N2O7. The zero-order valence-electron chi connectivity index (χ0n) is 17.4. The number of anilines is 1. The summed E-state index contributed by atoms with van der Waals surface area (Å²) in [5, 5.41) is 2.62. The number of nitrogens with one attached hydrogen (secondary N) is 1. The fraction of sp³-hybridized carbons (Fsp3) is 0.550. The maximum Gasteiger partial charge on any atom is 0.411 e. The number of likely N-dealkylation sites (tertiary alicyclic amines) is 1. The molecule has 2 amide bonds. The van der Waals surface area contributed by atoms with Gasteiger partial charge in [0, 0.05) is 12.6 Å². The van der Waals surface area contributed by atoms with Crippen LogP contribution >= 0.6 is 0 Å². The van der Waals surface area contributed by atoms with Gasteiger partial charge in [-0.2, -0.15) is 0 Å². The number of carbonyl (C=O) groups is 3. The molecule has 1 atom stereocenters. The molecule has 0 unspecified atom stereocenters. The first-order valence-electron chi connectivity index (χ1n) is 9.32. The van der Waals surface area contributed by atoms with E-state index in [9.17, 15) is 14.4 Å². The Kier molecular flexibility index (Phi) is 7.30. The van der Waals surface area contributed by atoms with E-state index in [4.69, 9.17) is 18.9 Å². The van der Waals surface area contributed by atoms with Crippen molar-refractivity contribution in [3.05, 3.63) is 18.2 Å². The second-order valence-corrected chi connectivity index (χ2v) is 7.55. The Hall–Kier alpha value is -2.97. The van der Waals surface area contributed by atoms with Gasteiger partial charge < -0.3 is 24.3 Å². The maximum absolute atomic E-state index is 12.4. The van der Waals surface area contributed by atoms with E-state index in [0.717, 1.165) is 0 Å². The molecule has 0 aliphatic carbocycles. The van der Waals surface area contributed by atoms with Gasteiger partial charge in [-0.1, -0.05) is 0 Å². The fourth-order valence-electron chi connectivity index (χ4n) is 2.88. The number of rotatable bonds is 6. The molecule has 9 nitrogen and oxygen atoms in total. The van der Waals surface area contributed by atoms with Crippen LogP contribution in [0.3, 0.4) is 0 Å². The van der Waals surface area contributed by atoms with E-state index >= 15 is 0 Å². The molecule has 1 fully saturated rings. The van der Waals surface area contributed by atoms with Crippen LogP contribution in [0.2, 0.25) is 0 Å². The monoisotopic (exact) mass is 408 g/mol. The van der Waals surface area contributed by atoms with E-state index in [1.165, 1.54) is 19.1 Å². The molecule has 0 bridgehead atoms. The summed E-state index contributed by atoms with van der Waals surface area (Å²) in [7, 11) is 2.98. The van der Waals surface area contributed by atoms with E-state index in [1.807, 2.05) is 0 Å². The van der Waals surface area contributed by atoms with Gasteiger partial charge >= 0.3 is 12.1 Å². The minimum Gasteiger partial charge on any atom is -0.497 e. The average molecular weight is 408 g/mol. The summed E-state index contributed by atoms with van der Waals surface area (Å²) in [5.74, 6) is -0.192. The van der Waals surface area contributed by atoms with Gasteiger partial charge in [0.15, 0.2) is 6.61 Å². The highest BCUT2D eigenvalue weighted by Crippen LogP contribution is 2.29. The highest BCUT2D eigenvalue weighted by Gasteiger charge is 2.37. The zero-order chi connectivity index (χ0) is 21.6. The van der Waals surface area contributed by atoms with Gasteiger partial charge in [-0.05, 0) is 45.7 Å². The Balaban J connectivity index is 1.93. The lowest BCUT2D eigenvalue weighted by Gasteiger charge is -2.27. The largest absolute Gasteiger partial charge is 0.497 e. The third-order valence-corrected chi connectivity index (χ3v) is 4.18. The van der Waals surface area contributed by atoms with Crippen molar-refractivity contribution in [1.82, 2.24) is 4.90 Å². The lowest BCUT2D eigenvalue weighted by molar-refractivity contribution is -0.151. The van der Waals surface area contributed by atoms with Gasteiger partial charge in [0.25, 0.3) is 5.91 Å². The predicted octanol–water partition coefficient (Wildman–Crippen LogP) is 2.59. The first kappa shape index (κ1) is 22.3. The number of nitrogens with zero attached hydrogens (tertiary/aromatic N) is 1. The van der Waals surface area contributed by atoms with Crippen molar-refractivity contribution in [2.75, 3.05) is 32.7 Å². The first-order chi connectivity index (χ1) is 13.6. The number of hydrogen-bond acceptors (Lipinski definition) is 7. The molecule has 1 aliphatic rings. The van der Waals surface area contributed by atoms with Gasteiger partial charge in [-0.3, -0.25) is 9.69 Å². The Labute approximate surface area is 170 Å². The highest BCUT2D eigenvalue weighted by molar-refractivity contribution is 5.95. The minimum absolute atomic E-state index is 0.393. The van der Waals surface area contributed by atoms with Crippen molar-refractivity contribution < 1.29 is 33.3 Å². The summed E-state index contributed by atoms with van der Waals surface area (Å²) in [5.41, 5.74) is -0.270. The standard InChI is InChI=1S/C20H28N2O7/c1-20(2,3)29-19(25)22-10-6-7-15(22)18(24)28-12-17(23)21-14-11-13(26-4)8-9-16(14)27-5/h8-9,11,15H,6-7,10,12H2,1-5H3,(H,21,23)/t15-/m0/s1. The van der Waals surface area contributed by atoms with Crippen molar-refractivity contribution in [1.29, 1.82) is 0 Å². The molecule has 0 spiro atoms. The van der Waals surface area contributed by atoms with Crippen LogP contribution in [-0.4, -0.2) is 61.9 Å². The highest BCUT2D eigenvalue weighted by atomic mass is 16.6. The van der Waals surface area contributed by atoms with Crippen LogP contribution in [0.25, 0.3) is 0 Å². The Morgan fingerprint density at radius 3 is 2.52 bits per heavy atom. The predicted molar refractivity (Wildman–Crippen MR) is 105 cm³/mol. The molecule has 1 aliphatic heterocycles. The van der Waals surface area contributed by atoms with Crippen LogP contribution in [0.5, 0.6) is 11.5 Å². The van der Waals surface area contributed by atoms with E-state index in [1.54, 1.807) is 39.0 Å². The number of hydrogen-bond donors (Lipinski definition) is 1. The zero-order valence-corrected chi connectivity index (χ0v) is 17.4. The first-order valence-corrected chi connectivity index (χ1v) is 9.32. The molecule has 2 rings (SSSR count). The van der Waals surface area contributed by atoms with Gasteiger partial charge in [0.05, 0.1) is 19.9 Å². The topological polar surface area (TPSA) is 103 Å². The lowest BCUT2D eigenvalue weighted by Crippen LogP contribution is -2.44. The van der Waals surface area contributed by atoms with Gasteiger partial charge in [-0.15, -0.1) is 0 Å². The minimum atomic E-state index is -0.760. The summed E-state index contributed by atoms with van der Waals surface area (Å²) in [6.07, 6.45) is 0.554. The molecule has 1 aromatic carbocycles. The average Bonchev–Trinajstić information content (AvgIpc) is 3.14. The van der Waals surface area contributed by atoms with Crippen molar-refractivity contribution >= 4 is 23.7 Å². The number of amides is 2. The van der Waals surface area contributed by atoms with Crippen LogP contribution in [0.15, 0.2) is 18.2 Å². The molecule has 1 N–H and O–H groups in total. The SMILES string of the molecule is COc1ccc(OC)c(NC(=O)COC(=O)[C@@H]2CCCN2C(=O)OC(C)(C)C)c1. The van der Waals surface area contributed by atoms with Crippen LogP contribution in [0.1, 0.15) is 33.6 Å². The molecule has 0 radical (unpaired) electrons. The summed E-state index contributed by atoms with van der Waals surface area (Å²) in [4.78, 5) is 38.2. The molecule has 0 aromatic heterocycles. The summed E-state index contributed by atoms with van der Waals surface area (Å²) < 4.78 is 20.8. The fourth-order valence-corrected chi connectivity index (χ4v) is 2.88. The third kappa shape index (κ3) is 6.27. The second-order valence-electron chi connectivity index (χ2n) is 7.55. The normalized spacial score (nSPS) is 16.2. The Morgan fingerprint density at radius 2 is 1.90 bits per heavy atom. The molecule has 9 heteroatoms. The van der Waals surface area contributed by atoms with E-state index < -0.39 is 36.2 Å². The number of carbonyl (C=O) groups excluding carboxylic acids is 3.